The summed E-state index contributed by atoms with van der Waals surface area (Å²) in [5.74, 6) is -1.50. The fraction of sp³-hybridized carbons (Fsp3) is 0.211. The zero-order chi connectivity index (χ0) is 21.2. The maximum Gasteiger partial charge on any atom is 0.325 e. The highest BCUT2D eigenvalue weighted by Crippen LogP contribution is 2.22. The van der Waals surface area contributed by atoms with Gasteiger partial charge in [0, 0.05) is 17.3 Å². The molecule has 0 fully saturated rings. The van der Waals surface area contributed by atoms with Gasteiger partial charge in [0.2, 0.25) is 0 Å². The van der Waals surface area contributed by atoms with E-state index < -0.39 is 35.9 Å². The Morgan fingerprint density at radius 1 is 1.03 bits per heavy atom. The second-order valence-electron chi connectivity index (χ2n) is 5.85. The van der Waals surface area contributed by atoms with Crippen LogP contribution in [0.3, 0.4) is 0 Å². The van der Waals surface area contributed by atoms with E-state index in [1.54, 1.807) is 37.3 Å². The molecule has 0 atom stereocenters. The van der Waals surface area contributed by atoms with E-state index in [0.29, 0.717) is 11.3 Å². The molecule has 0 spiro atoms. The van der Waals surface area contributed by atoms with Gasteiger partial charge in [0.1, 0.15) is 12.3 Å². The number of nitrogens with zero attached hydrogens (tertiary/aromatic N) is 1. The SMILES string of the molecule is Cc1ccc(NC(=O)COC(=O)CNC(=O)COc2ccccc2)cc1[N+](=O)[O-]. The van der Waals surface area contributed by atoms with Gasteiger partial charge in [-0.05, 0) is 25.1 Å². The van der Waals surface area contributed by atoms with Crippen LogP contribution in [-0.4, -0.2) is 42.5 Å². The molecule has 0 aromatic heterocycles. The maximum atomic E-state index is 11.8. The van der Waals surface area contributed by atoms with Crippen molar-refractivity contribution in [3.8, 4) is 5.75 Å². The summed E-state index contributed by atoms with van der Waals surface area (Å²) in [7, 11) is 0. The number of aryl methyl sites for hydroxylation is 1. The Hall–Kier alpha value is -3.95. The molecule has 0 aliphatic rings. The van der Waals surface area contributed by atoms with E-state index in [1.165, 1.54) is 18.2 Å². The quantitative estimate of drug-likeness (QED) is 0.370. The molecule has 0 bridgehead atoms. The Morgan fingerprint density at radius 2 is 1.76 bits per heavy atom. The van der Waals surface area contributed by atoms with Crippen molar-refractivity contribution >= 4 is 29.2 Å². The highest BCUT2D eigenvalue weighted by molar-refractivity contribution is 5.93. The number of carbonyl (C=O) groups is 3. The van der Waals surface area contributed by atoms with Crippen LogP contribution in [0.5, 0.6) is 5.75 Å². The van der Waals surface area contributed by atoms with E-state index in [1.807, 2.05) is 0 Å². The van der Waals surface area contributed by atoms with Gasteiger partial charge in [0.15, 0.2) is 13.2 Å². The summed E-state index contributed by atoms with van der Waals surface area (Å²) in [6.45, 7) is 0.270. The first kappa shape index (κ1) is 21.4. The van der Waals surface area contributed by atoms with Crippen LogP contribution in [0.1, 0.15) is 5.56 Å². The number of amides is 2. The summed E-state index contributed by atoms with van der Waals surface area (Å²) in [6.07, 6.45) is 0. The fourth-order valence-corrected chi connectivity index (χ4v) is 2.17. The van der Waals surface area contributed by atoms with E-state index in [9.17, 15) is 24.5 Å². The molecule has 29 heavy (non-hydrogen) atoms. The summed E-state index contributed by atoms with van der Waals surface area (Å²) < 4.78 is 9.97. The number of nitro groups is 1. The summed E-state index contributed by atoms with van der Waals surface area (Å²) in [6, 6.07) is 12.9. The minimum absolute atomic E-state index is 0.139. The van der Waals surface area contributed by atoms with Gasteiger partial charge in [-0.1, -0.05) is 24.3 Å². The van der Waals surface area contributed by atoms with Crippen molar-refractivity contribution in [1.82, 2.24) is 5.32 Å². The molecule has 0 saturated carbocycles. The number of hydrogen-bond acceptors (Lipinski definition) is 7. The van der Waals surface area contributed by atoms with Gasteiger partial charge >= 0.3 is 5.97 Å². The number of carbonyl (C=O) groups excluding carboxylic acids is 3. The lowest BCUT2D eigenvalue weighted by Crippen LogP contribution is -2.35. The first-order valence-corrected chi connectivity index (χ1v) is 8.50. The molecule has 0 unspecified atom stereocenters. The van der Waals surface area contributed by atoms with Gasteiger partial charge in [-0.2, -0.15) is 0 Å². The highest BCUT2D eigenvalue weighted by atomic mass is 16.6. The Morgan fingerprint density at radius 3 is 2.45 bits per heavy atom. The van der Waals surface area contributed by atoms with Crippen molar-refractivity contribution in [3.05, 3.63) is 64.2 Å². The van der Waals surface area contributed by atoms with Gasteiger partial charge in [-0.15, -0.1) is 0 Å². The third-order valence-corrected chi connectivity index (χ3v) is 3.60. The molecule has 0 aliphatic heterocycles. The smallest absolute Gasteiger partial charge is 0.325 e. The van der Waals surface area contributed by atoms with Crippen LogP contribution in [0, 0.1) is 17.0 Å². The van der Waals surface area contributed by atoms with Crippen molar-refractivity contribution in [3.63, 3.8) is 0 Å². The molecule has 2 N–H and O–H groups in total. The lowest BCUT2D eigenvalue weighted by Gasteiger charge is -2.09. The van der Waals surface area contributed by atoms with Crippen molar-refractivity contribution < 1.29 is 28.8 Å². The minimum Gasteiger partial charge on any atom is -0.484 e. The molecule has 2 aromatic carbocycles. The number of nitrogens with one attached hydrogen (secondary N) is 2. The molecule has 2 rings (SSSR count). The zero-order valence-electron chi connectivity index (χ0n) is 15.5. The highest BCUT2D eigenvalue weighted by Gasteiger charge is 2.14. The Labute approximate surface area is 166 Å². The van der Waals surface area contributed by atoms with Crippen LogP contribution in [0.2, 0.25) is 0 Å². The molecule has 0 saturated heterocycles. The van der Waals surface area contributed by atoms with Gasteiger partial charge in [0.05, 0.1) is 4.92 Å². The summed E-state index contributed by atoms with van der Waals surface area (Å²) >= 11 is 0. The van der Waals surface area contributed by atoms with E-state index in [-0.39, 0.29) is 18.0 Å². The molecular formula is C19H19N3O7. The van der Waals surface area contributed by atoms with Crippen LogP contribution >= 0.6 is 0 Å². The number of rotatable bonds is 9. The molecule has 10 nitrogen and oxygen atoms in total. The molecule has 2 amide bonds. The van der Waals surface area contributed by atoms with Gasteiger partial charge in [0.25, 0.3) is 17.5 Å². The first-order chi connectivity index (χ1) is 13.8. The van der Waals surface area contributed by atoms with E-state index >= 15 is 0 Å². The Bertz CT molecular complexity index is 900. The second-order valence-corrected chi connectivity index (χ2v) is 5.85. The predicted octanol–water partition coefficient (Wildman–Crippen LogP) is 1.58. The fourth-order valence-electron chi connectivity index (χ4n) is 2.17. The van der Waals surface area contributed by atoms with Gasteiger partial charge < -0.3 is 20.1 Å². The van der Waals surface area contributed by atoms with Crippen molar-refractivity contribution in [2.75, 3.05) is 25.1 Å². The lowest BCUT2D eigenvalue weighted by molar-refractivity contribution is -0.385. The third-order valence-electron chi connectivity index (χ3n) is 3.60. The number of para-hydroxylation sites is 1. The van der Waals surface area contributed by atoms with Crippen LogP contribution in [0.25, 0.3) is 0 Å². The minimum atomic E-state index is -0.817. The average Bonchev–Trinajstić information content (AvgIpc) is 2.71. The summed E-state index contributed by atoms with van der Waals surface area (Å²) in [5.41, 5.74) is 0.515. The van der Waals surface area contributed by atoms with Crippen molar-refractivity contribution in [1.29, 1.82) is 0 Å². The molecular weight excluding hydrogens is 382 g/mol. The number of nitro benzene ring substituents is 1. The number of hydrogen-bond donors (Lipinski definition) is 2. The maximum absolute atomic E-state index is 11.8. The molecule has 152 valence electrons. The van der Waals surface area contributed by atoms with Gasteiger partial charge in [-0.3, -0.25) is 24.5 Å². The summed E-state index contributed by atoms with van der Waals surface area (Å²) in [4.78, 5) is 45.4. The number of benzene rings is 2. The van der Waals surface area contributed by atoms with Crippen LogP contribution < -0.4 is 15.4 Å². The van der Waals surface area contributed by atoms with Gasteiger partial charge in [-0.25, -0.2) is 0 Å². The zero-order valence-corrected chi connectivity index (χ0v) is 15.5. The van der Waals surface area contributed by atoms with Crippen LogP contribution in [0.4, 0.5) is 11.4 Å². The number of anilines is 1. The normalized spacial score (nSPS) is 9.97. The molecule has 0 aliphatic carbocycles. The number of ether oxygens (including phenoxy) is 2. The number of esters is 1. The monoisotopic (exact) mass is 401 g/mol. The van der Waals surface area contributed by atoms with Crippen molar-refractivity contribution in [2.24, 2.45) is 0 Å². The van der Waals surface area contributed by atoms with E-state index in [2.05, 4.69) is 10.6 Å². The Balaban J connectivity index is 1.69. The van der Waals surface area contributed by atoms with E-state index in [0.717, 1.165) is 0 Å². The third kappa shape index (κ3) is 7.29. The standard InChI is InChI=1S/C19H19N3O7/c1-13-7-8-14(9-16(13)22(26)27)21-18(24)12-29-19(25)10-20-17(23)11-28-15-5-3-2-4-6-15/h2-9H,10-12H2,1H3,(H,20,23)(H,21,24). The van der Waals surface area contributed by atoms with Crippen molar-refractivity contribution in [2.45, 2.75) is 6.92 Å². The summed E-state index contributed by atoms with van der Waals surface area (Å²) in [5, 5.41) is 15.6. The Kier molecular flexibility index (Phi) is 7.66. The average molecular weight is 401 g/mol. The largest absolute Gasteiger partial charge is 0.484 e. The predicted molar refractivity (Wildman–Crippen MR) is 102 cm³/mol. The van der Waals surface area contributed by atoms with Crippen LogP contribution in [-0.2, 0) is 19.1 Å². The lowest BCUT2D eigenvalue weighted by atomic mass is 10.2. The second kappa shape index (κ2) is 10.4. The molecule has 10 heteroatoms. The topological polar surface area (TPSA) is 137 Å². The van der Waals surface area contributed by atoms with E-state index in [4.69, 9.17) is 9.47 Å². The molecule has 2 aromatic rings. The molecule has 0 radical (unpaired) electrons. The van der Waals surface area contributed by atoms with Crippen LogP contribution in [0.15, 0.2) is 48.5 Å². The first-order valence-electron chi connectivity index (χ1n) is 8.50. The molecule has 0 heterocycles.